The molecule has 5 nitrogen and oxygen atoms in total. The Morgan fingerprint density at radius 1 is 0.733 bits per heavy atom. The molecule has 4 aromatic rings. The Kier molecular flexibility index (Phi) is 5.52. The van der Waals surface area contributed by atoms with E-state index < -0.39 is 0 Å². The number of methoxy groups -OCH3 is 2. The molecule has 1 amide bonds. The molecule has 0 aromatic heterocycles. The van der Waals surface area contributed by atoms with Crippen molar-refractivity contribution in [3.05, 3.63) is 90.5 Å². The van der Waals surface area contributed by atoms with Crippen LogP contribution >= 0.6 is 0 Å². The van der Waals surface area contributed by atoms with Crippen LogP contribution in [-0.2, 0) is 0 Å². The van der Waals surface area contributed by atoms with E-state index in [9.17, 15) is 4.79 Å². The molecule has 0 atom stereocenters. The number of carbonyl (C=O) groups is 1. The maximum Gasteiger partial charge on any atom is 0.255 e. The second-order valence-electron chi connectivity index (χ2n) is 6.76. The molecule has 4 aromatic carbocycles. The number of ether oxygens (including phenoxy) is 2. The van der Waals surface area contributed by atoms with Crippen LogP contribution in [0.4, 0.5) is 17.1 Å². The van der Waals surface area contributed by atoms with Gasteiger partial charge in [-0.25, -0.2) is 0 Å². The van der Waals surface area contributed by atoms with Crippen LogP contribution in [0.1, 0.15) is 10.4 Å². The average molecular weight is 398 g/mol. The first-order valence-corrected chi connectivity index (χ1v) is 9.56. The lowest BCUT2D eigenvalue weighted by Gasteiger charge is -2.14. The van der Waals surface area contributed by atoms with Crippen molar-refractivity contribution in [1.82, 2.24) is 0 Å². The summed E-state index contributed by atoms with van der Waals surface area (Å²) in [5.74, 6) is 1.24. The number of benzene rings is 4. The van der Waals surface area contributed by atoms with Crippen molar-refractivity contribution < 1.29 is 14.3 Å². The van der Waals surface area contributed by atoms with Gasteiger partial charge in [0, 0.05) is 28.0 Å². The minimum absolute atomic E-state index is 0.133. The van der Waals surface area contributed by atoms with E-state index in [0.717, 1.165) is 27.8 Å². The fourth-order valence-electron chi connectivity index (χ4n) is 3.30. The van der Waals surface area contributed by atoms with Gasteiger partial charge in [0.15, 0.2) is 11.5 Å². The highest BCUT2D eigenvalue weighted by Gasteiger charge is 2.09. The monoisotopic (exact) mass is 398 g/mol. The van der Waals surface area contributed by atoms with Crippen LogP contribution in [0.5, 0.6) is 11.5 Å². The SMILES string of the molecule is COc1cc2cccc(Nc3ccc(NC(=O)c4ccccc4)cc3)c2cc1OC. The number of nitrogens with one attached hydrogen (secondary N) is 2. The molecule has 0 aliphatic heterocycles. The van der Waals surface area contributed by atoms with Crippen molar-refractivity contribution >= 4 is 33.7 Å². The summed E-state index contributed by atoms with van der Waals surface area (Å²) in [6.07, 6.45) is 0. The summed E-state index contributed by atoms with van der Waals surface area (Å²) in [5.41, 5.74) is 3.23. The van der Waals surface area contributed by atoms with Gasteiger partial charge in [-0.3, -0.25) is 4.79 Å². The van der Waals surface area contributed by atoms with Gasteiger partial charge in [-0.05, 0) is 60.0 Å². The van der Waals surface area contributed by atoms with E-state index in [-0.39, 0.29) is 5.91 Å². The third-order valence-electron chi connectivity index (χ3n) is 4.84. The van der Waals surface area contributed by atoms with E-state index in [4.69, 9.17) is 9.47 Å². The van der Waals surface area contributed by atoms with Crippen LogP contribution < -0.4 is 20.1 Å². The first-order valence-electron chi connectivity index (χ1n) is 9.56. The lowest BCUT2D eigenvalue weighted by atomic mass is 10.1. The van der Waals surface area contributed by atoms with Crippen LogP contribution in [-0.4, -0.2) is 20.1 Å². The molecule has 0 spiro atoms. The van der Waals surface area contributed by atoms with Gasteiger partial charge < -0.3 is 20.1 Å². The van der Waals surface area contributed by atoms with Gasteiger partial charge in [0.2, 0.25) is 0 Å². The van der Waals surface area contributed by atoms with Crippen molar-refractivity contribution in [1.29, 1.82) is 0 Å². The summed E-state index contributed by atoms with van der Waals surface area (Å²) in [5, 5.41) is 8.42. The zero-order valence-electron chi connectivity index (χ0n) is 16.8. The Balaban J connectivity index is 1.55. The number of hydrogen-bond acceptors (Lipinski definition) is 4. The predicted molar refractivity (Wildman–Crippen MR) is 121 cm³/mol. The number of amides is 1. The van der Waals surface area contributed by atoms with Crippen LogP contribution in [0.3, 0.4) is 0 Å². The molecule has 0 radical (unpaired) electrons. The van der Waals surface area contributed by atoms with Gasteiger partial charge >= 0.3 is 0 Å². The Bertz CT molecular complexity index is 1170. The summed E-state index contributed by atoms with van der Waals surface area (Å²) >= 11 is 0. The second-order valence-corrected chi connectivity index (χ2v) is 6.76. The van der Waals surface area contributed by atoms with E-state index in [1.165, 1.54) is 0 Å². The number of carbonyl (C=O) groups excluding carboxylic acids is 1. The summed E-state index contributed by atoms with van der Waals surface area (Å²) in [6.45, 7) is 0. The highest BCUT2D eigenvalue weighted by molar-refractivity contribution is 6.04. The molecule has 2 N–H and O–H groups in total. The van der Waals surface area contributed by atoms with E-state index in [1.54, 1.807) is 26.4 Å². The van der Waals surface area contributed by atoms with Gasteiger partial charge in [0.25, 0.3) is 5.91 Å². The van der Waals surface area contributed by atoms with E-state index in [2.05, 4.69) is 10.6 Å². The third-order valence-corrected chi connectivity index (χ3v) is 4.84. The number of rotatable bonds is 6. The number of fused-ring (bicyclic) bond motifs is 1. The molecule has 0 heterocycles. The first kappa shape index (κ1) is 19.3. The van der Waals surface area contributed by atoms with Crippen molar-refractivity contribution in [2.45, 2.75) is 0 Å². The molecule has 0 bridgehead atoms. The summed E-state index contributed by atoms with van der Waals surface area (Å²) in [6, 6.07) is 26.7. The van der Waals surface area contributed by atoms with Crippen molar-refractivity contribution in [3.63, 3.8) is 0 Å². The van der Waals surface area contributed by atoms with E-state index in [0.29, 0.717) is 17.1 Å². The molecular weight excluding hydrogens is 376 g/mol. The minimum Gasteiger partial charge on any atom is -0.493 e. The molecule has 30 heavy (non-hydrogen) atoms. The molecule has 0 saturated heterocycles. The highest BCUT2D eigenvalue weighted by atomic mass is 16.5. The lowest BCUT2D eigenvalue weighted by molar-refractivity contribution is 0.102. The smallest absolute Gasteiger partial charge is 0.255 e. The average Bonchev–Trinajstić information content (AvgIpc) is 2.80. The van der Waals surface area contributed by atoms with Gasteiger partial charge in [0.1, 0.15) is 0 Å². The van der Waals surface area contributed by atoms with Gasteiger partial charge in [0.05, 0.1) is 14.2 Å². The van der Waals surface area contributed by atoms with Crippen LogP contribution in [0.2, 0.25) is 0 Å². The Morgan fingerprint density at radius 2 is 1.40 bits per heavy atom. The third kappa shape index (κ3) is 4.05. The van der Waals surface area contributed by atoms with Crippen molar-refractivity contribution in [3.8, 4) is 11.5 Å². The standard InChI is InChI=1S/C25H22N2O3/c1-29-23-15-18-9-6-10-22(21(18)16-24(23)30-2)26-19-11-13-20(14-12-19)27-25(28)17-7-4-3-5-8-17/h3-16,26H,1-2H3,(H,27,28). The molecule has 0 fully saturated rings. The maximum atomic E-state index is 12.3. The fraction of sp³-hybridized carbons (Fsp3) is 0.0800. The highest BCUT2D eigenvalue weighted by Crippen LogP contribution is 2.36. The largest absolute Gasteiger partial charge is 0.493 e. The first-order chi connectivity index (χ1) is 14.7. The molecular formula is C25H22N2O3. The lowest BCUT2D eigenvalue weighted by Crippen LogP contribution is -2.11. The Morgan fingerprint density at radius 3 is 2.10 bits per heavy atom. The molecule has 150 valence electrons. The summed E-state index contributed by atoms with van der Waals surface area (Å²) in [7, 11) is 3.26. The predicted octanol–water partition coefficient (Wildman–Crippen LogP) is 5.85. The Hall–Kier alpha value is -3.99. The van der Waals surface area contributed by atoms with Gasteiger partial charge in [-0.2, -0.15) is 0 Å². The van der Waals surface area contributed by atoms with E-state index >= 15 is 0 Å². The Labute approximate surface area is 175 Å². The molecule has 0 aliphatic carbocycles. The quantitative estimate of drug-likeness (QED) is 0.427. The number of hydrogen-bond donors (Lipinski definition) is 2. The summed E-state index contributed by atoms with van der Waals surface area (Å²) in [4.78, 5) is 12.3. The van der Waals surface area contributed by atoms with E-state index in [1.807, 2.05) is 72.8 Å². The maximum absolute atomic E-state index is 12.3. The minimum atomic E-state index is -0.133. The fourth-order valence-corrected chi connectivity index (χ4v) is 3.30. The molecule has 5 heteroatoms. The zero-order valence-corrected chi connectivity index (χ0v) is 16.8. The number of anilines is 3. The van der Waals surface area contributed by atoms with Crippen molar-refractivity contribution in [2.75, 3.05) is 24.9 Å². The van der Waals surface area contributed by atoms with Crippen LogP contribution in [0.25, 0.3) is 10.8 Å². The zero-order chi connectivity index (χ0) is 20.9. The normalized spacial score (nSPS) is 10.5. The molecule has 0 saturated carbocycles. The molecule has 0 unspecified atom stereocenters. The van der Waals surface area contributed by atoms with Crippen molar-refractivity contribution in [2.24, 2.45) is 0 Å². The second kappa shape index (κ2) is 8.57. The van der Waals surface area contributed by atoms with Crippen LogP contribution in [0, 0.1) is 0 Å². The summed E-state index contributed by atoms with van der Waals surface area (Å²) < 4.78 is 10.8. The van der Waals surface area contributed by atoms with Gasteiger partial charge in [-0.1, -0.05) is 30.3 Å². The van der Waals surface area contributed by atoms with Crippen LogP contribution in [0.15, 0.2) is 84.9 Å². The van der Waals surface area contributed by atoms with Gasteiger partial charge in [-0.15, -0.1) is 0 Å². The molecule has 0 aliphatic rings. The topological polar surface area (TPSA) is 59.6 Å². The molecule has 4 rings (SSSR count).